The van der Waals surface area contributed by atoms with Gasteiger partial charge in [-0.25, -0.2) is 0 Å². The smallest absolute Gasteiger partial charge is 0.161 e. The lowest BCUT2D eigenvalue weighted by molar-refractivity contribution is -0.135. The molecule has 2 aromatic heterocycles. The molecule has 1 saturated carbocycles. The van der Waals surface area contributed by atoms with Gasteiger partial charge in [0.25, 0.3) is 0 Å². The van der Waals surface area contributed by atoms with Crippen LogP contribution in [0, 0.1) is 35.5 Å². The molecule has 0 unspecified atom stereocenters. The van der Waals surface area contributed by atoms with E-state index in [4.69, 9.17) is 15.0 Å². The molecular formula is C60H66N4O7-2. The maximum atomic E-state index is 16.0. The van der Waals surface area contributed by atoms with Gasteiger partial charge >= 0.3 is 0 Å². The first-order valence-corrected chi connectivity index (χ1v) is 26.0. The second kappa shape index (κ2) is 21.6. The Bertz CT molecular complexity index is 2870. The molecule has 7 atom stereocenters. The fourth-order valence-corrected chi connectivity index (χ4v) is 11.9. The second-order valence-corrected chi connectivity index (χ2v) is 20.5. The van der Waals surface area contributed by atoms with E-state index in [0.717, 1.165) is 102 Å². The Morgan fingerprint density at radius 3 is 2.59 bits per heavy atom. The minimum absolute atomic E-state index is 0.00141. The molecule has 370 valence electrons. The molecule has 1 fully saturated rings. The van der Waals surface area contributed by atoms with E-state index in [2.05, 4.69) is 53.3 Å². The van der Waals surface area contributed by atoms with Crippen LogP contribution in [0.5, 0.6) is 17.2 Å². The highest BCUT2D eigenvalue weighted by Gasteiger charge is 2.43. The molecule has 4 heterocycles. The summed E-state index contributed by atoms with van der Waals surface area (Å²) in [6.45, 7) is 2.93. The van der Waals surface area contributed by atoms with Gasteiger partial charge in [0.05, 0.1) is 24.0 Å². The minimum Gasteiger partial charge on any atom is -0.664 e. The van der Waals surface area contributed by atoms with E-state index in [1.807, 2.05) is 54.7 Å². The first-order chi connectivity index (χ1) is 34.6. The molecule has 5 aromatic rings. The number of allylic oxidation sites excluding steroid dienone is 1. The molecule has 10 rings (SSSR count). The number of aliphatic hydroxyl groups excluding tert-OH is 2. The topological polar surface area (TPSA) is 180 Å². The SMILES string of the molecule is CCCNC[C@H]1C#C[C@H]2[N-]c3[nH]ccc3Cc3cc(ccc3C[C@H]1O)Cc1cc(cc(OC3CCCC3)c1O)CCC(=O)[C@@H](CCO)C(=O)[C@@H]1C2=Cc2[n-]ccc2[C@H]1C[C@H]1C=Cc2c(O)cccc2CC1. The number of phenolic OH excluding ortho intramolecular Hbond substituents is 2. The normalized spacial score (nSPS) is 24.4. The van der Waals surface area contributed by atoms with Crippen LogP contribution < -0.4 is 15.0 Å². The van der Waals surface area contributed by atoms with Gasteiger partial charge in [-0.2, -0.15) is 6.20 Å². The standard InChI is InChI=1S/C60H66N4O7/c1-2-23-61-35-42-16-18-51-50-34-52-47(21-25-62-52)49(30-36-10-14-39-6-5-9-53(66)46(39)17-12-36)57(50)59(70)48(22-26-65)54(67)19-13-38-29-44(58(69)56(31-38)71-45-7-3-4-8-45)28-37-11-15-40(33-55(42)68)43(27-37)32-41-20-24-63-60(41)64-51/h5-6,9,11-12,15,17,20-21,24-25,27,29,31,34,36,42,45,48-49,51,55,57,61,63,65-66,68-69H,2-4,7-8,10,13-14,19,22-23,26,28,30,32-33,35H2,1H3/q-2/t36-,42-,48-,49-,51-,55-,57+/m1/s1. The predicted octanol–water partition coefficient (Wildman–Crippen LogP) is 9.34. The monoisotopic (exact) mass is 954 g/mol. The molecular weight excluding hydrogens is 889 g/mol. The maximum absolute atomic E-state index is 16.0. The van der Waals surface area contributed by atoms with Crippen LogP contribution >= 0.6 is 0 Å². The lowest BCUT2D eigenvalue weighted by atomic mass is 9.66. The van der Waals surface area contributed by atoms with Gasteiger partial charge in [-0.1, -0.05) is 103 Å². The lowest BCUT2D eigenvalue weighted by Gasteiger charge is -2.40. The van der Waals surface area contributed by atoms with Crippen molar-refractivity contribution in [3.63, 3.8) is 0 Å². The number of hydrogen-bond donors (Lipinski definition) is 6. The Hall–Kier alpha value is -6.32. The number of carbonyl (C=O) groups is 2. The Kier molecular flexibility index (Phi) is 14.7. The number of benzene rings is 3. The number of aromatic amines is 1. The van der Waals surface area contributed by atoms with Crippen molar-refractivity contribution in [3.05, 3.63) is 146 Å². The van der Waals surface area contributed by atoms with Gasteiger partial charge in [-0.05, 0) is 147 Å². The van der Waals surface area contributed by atoms with Gasteiger partial charge in [-0.3, -0.25) is 9.59 Å². The van der Waals surface area contributed by atoms with Crippen molar-refractivity contribution in [2.75, 3.05) is 19.7 Å². The number of ketones is 2. The van der Waals surface area contributed by atoms with Crippen molar-refractivity contribution in [1.29, 1.82) is 0 Å². The summed E-state index contributed by atoms with van der Waals surface area (Å²) >= 11 is 0. The molecule has 5 bridgehead atoms. The van der Waals surface area contributed by atoms with Crippen LogP contribution in [0.1, 0.15) is 126 Å². The molecule has 3 aromatic carbocycles. The number of aliphatic hydroxyl groups is 2. The quantitative estimate of drug-likeness (QED) is 0.0452. The molecule has 0 spiro atoms. The highest BCUT2D eigenvalue weighted by Crippen LogP contribution is 2.48. The molecule has 0 amide bonds. The Morgan fingerprint density at radius 1 is 0.887 bits per heavy atom. The van der Waals surface area contributed by atoms with Gasteiger partial charge in [0, 0.05) is 49.1 Å². The van der Waals surface area contributed by atoms with E-state index >= 15 is 4.79 Å². The zero-order valence-corrected chi connectivity index (χ0v) is 40.7. The van der Waals surface area contributed by atoms with Crippen molar-refractivity contribution in [2.45, 2.75) is 121 Å². The van der Waals surface area contributed by atoms with E-state index in [1.54, 1.807) is 12.3 Å². The van der Waals surface area contributed by atoms with Crippen LogP contribution in [-0.2, 0) is 41.7 Å². The molecule has 3 aliphatic carbocycles. The number of aryl methyl sites for hydroxylation is 2. The summed E-state index contributed by atoms with van der Waals surface area (Å²) in [6, 6.07) is 18.9. The Morgan fingerprint density at radius 2 is 1.75 bits per heavy atom. The van der Waals surface area contributed by atoms with Crippen LogP contribution in [0.2, 0.25) is 0 Å². The molecule has 71 heavy (non-hydrogen) atoms. The van der Waals surface area contributed by atoms with E-state index in [-0.39, 0.29) is 54.5 Å². The molecule has 11 heteroatoms. The number of rotatable bonds is 10. The molecule has 0 radical (unpaired) electrons. The van der Waals surface area contributed by atoms with Crippen LogP contribution in [0.4, 0.5) is 5.82 Å². The van der Waals surface area contributed by atoms with Crippen LogP contribution in [0.15, 0.2) is 84.7 Å². The van der Waals surface area contributed by atoms with Crippen LogP contribution in [-0.4, -0.2) is 74.9 Å². The van der Waals surface area contributed by atoms with Crippen LogP contribution in [0.25, 0.3) is 17.5 Å². The van der Waals surface area contributed by atoms with E-state index < -0.39 is 35.8 Å². The number of aromatic hydroxyl groups is 2. The number of hydrogen-bond acceptors (Lipinski definition) is 8. The third-order valence-corrected chi connectivity index (χ3v) is 15.7. The van der Waals surface area contributed by atoms with E-state index in [9.17, 15) is 25.2 Å². The fraction of sp³-hybridized carbons (Fsp3) is 0.433. The Labute approximate surface area is 417 Å². The third kappa shape index (κ3) is 10.5. The number of carbonyl (C=O) groups excluding carboxylic acids is 2. The summed E-state index contributed by atoms with van der Waals surface area (Å²) in [5.74, 6) is 4.90. The van der Waals surface area contributed by atoms with Crippen LogP contribution in [0.3, 0.4) is 0 Å². The van der Waals surface area contributed by atoms with Gasteiger partial charge < -0.3 is 45.8 Å². The molecule has 11 nitrogen and oxygen atoms in total. The lowest BCUT2D eigenvalue weighted by Crippen LogP contribution is -2.39. The summed E-state index contributed by atoms with van der Waals surface area (Å²) in [6.07, 6.45) is 17.4. The molecule has 0 saturated heterocycles. The zero-order chi connectivity index (χ0) is 49.0. The van der Waals surface area contributed by atoms with Gasteiger partial charge in [0.2, 0.25) is 0 Å². The number of ether oxygens (including phenoxy) is 1. The number of phenols is 2. The number of fused-ring (bicyclic) bond motifs is 8. The highest BCUT2D eigenvalue weighted by atomic mass is 16.5. The summed E-state index contributed by atoms with van der Waals surface area (Å²) in [7, 11) is 0. The second-order valence-electron chi connectivity index (χ2n) is 20.5. The number of H-pyrrole nitrogens is 1. The number of nitrogens with one attached hydrogen (secondary N) is 2. The number of aromatic nitrogens is 2. The summed E-state index contributed by atoms with van der Waals surface area (Å²) in [5.41, 5.74) is 9.57. The zero-order valence-electron chi connectivity index (χ0n) is 40.7. The summed E-state index contributed by atoms with van der Waals surface area (Å²) in [5, 5.41) is 54.6. The molecule has 6 N–H and O–H groups in total. The predicted molar refractivity (Wildman–Crippen MR) is 276 cm³/mol. The van der Waals surface area contributed by atoms with E-state index in [1.165, 1.54) is 0 Å². The first kappa shape index (κ1) is 48.3. The van der Waals surface area contributed by atoms with Crippen molar-refractivity contribution in [1.82, 2.24) is 15.3 Å². The largest absolute Gasteiger partial charge is 0.664 e. The Balaban J connectivity index is 1.14. The number of nitrogens with zero attached hydrogens (tertiary/aromatic N) is 2. The average molecular weight is 955 g/mol. The molecule has 5 aliphatic rings. The van der Waals surface area contributed by atoms with Crippen molar-refractivity contribution in [3.8, 4) is 29.1 Å². The molecule has 2 aliphatic heterocycles. The van der Waals surface area contributed by atoms with Crippen molar-refractivity contribution in [2.24, 2.45) is 23.7 Å². The number of Topliss-reactive ketones (excluding diaryl/α,β-unsaturated/α-hetero) is 2. The third-order valence-electron chi connectivity index (χ3n) is 15.7. The summed E-state index contributed by atoms with van der Waals surface area (Å²) in [4.78, 5) is 39.2. The van der Waals surface area contributed by atoms with Gasteiger partial charge in [0.15, 0.2) is 17.3 Å². The van der Waals surface area contributed by atoms with Crippen molar-refractivity contribution >= 4 is 29.5 Å². The van der Waals surface area contributed by atoms with Gasteiger partial charge in [0.1, 0.15) is 11.5 Å². The minimum atomic E-state index is -1.13. The summed E-state index contributed by atoms with van der Waals surface area (Å²) < 4.78 is 6.52. The highest BCUT2D eigenvalue weighted by molar-refractivity contribution is 6.05. The van der Waals surface area contributed by atoms with E-state index in [0.29, 0.717) is 61.4 Å². The average Bonchev–Trinajstić information content (AvgIpc) is 4.14. The fourth-order valence-electron chi connectivity index (χ4n) is 11.9. The maximum Gasteiger partial charge on any atom is 0.161 e. The first-order valence-electron chi connectivity index (χ1n) is 26.0. The van der Waals surface area contributed by atoms with Crippen molar-refractivity contribution < 1.29 is 34.8 Å². The van der Waals surface area contributed by atoms with Gasteiger partial charge in [-0.15, -0.1) is 5.69 Å².